The van der Waals surface area contributed by atoms with Crippen LogP contribution in [0, 0.1) is 5.92 Å². The van der Waals surface area contributed by atoms with Crippen molar-refractivity contribution in [3.8, 4) is 0 Å². The van der Waals surface area contributed by atoms with E-state index in [9.17, 15) is 4.79 Å². The number of morpholine rings is 1. The molecular weight excluding hydrogens is 146 g/mol. The molecule has 0 aromatic rings. The van der Waals surface area contributed by atoms with Crippen LogP contribution in [0.2, 0.25) is 0 Å². The van der Waals surface area contributed by atoms with Crippen LogP contribution in [0.3, 0.4) is 0 Å². The van der Waals surface area contributed by atoms with Crippen LogP contribution in [0.25, 0.3) is 0 Å². The second-order valence-corrected chi connectivity index (χ2v) is 3.07. The molecule has 2 aliphatic heterocycles. The standard InChI is InChI=1S/C7H11NO3/c1-4-2-11-7-6(4)10-3-5(9)8-7/h4,6-7H,2-3H2,1H3,(H,8,9). The number of hydrogen-bond acceptors (Lipinski definition) is 3. The molecule has 11 heavy (non-hydrogen) atoms. The highest BCUT2D eigenvalue weighted by Gasteiger charge is 2.39. The Morgan fingerprint density at radius 3 is 3.18 bits per heavy atom. The summed E-state index contributed by atoms with van der Waals surface area (Å²) in [6.07, 6.45) is -0.140. The van der Waals surface area contributed by atoms with Gasteiger partial charge in [0.05, 0.1) is 6.61 Å². The molecule has 0 aromatic heterocycles. The third kappa shape index (κ3) is 1.12. The SMILES string of the molecule is CC1COC2NC(=O)COC12. The summed E-state index contributed by atoms with van der Waals surface area (Å²) in [7, 11) is 0. The molecule has 0 radical (unpaired) electrons. The first kappa shape index (κ1) is 7.06. The minimum Gasteiger partial charge on any atom is -0.363 e. The third-order valence-corrected chi connectivity index (χ3v) is 2.11. The molecule has 0 bridgehead atoms. The van der Waals surface area contributed by atoms with E-state index in [-0.39, 0.29) is 24.8 Å². The van der Waals surface area contributed by atoms with Gasteiger partial charge in [-0.1, -0.05) is 6.92 Å². The lowest BCUT2D eigenvalue weighted by Crippen LogP contribution is -2.50. The van der Waals surface area contributed by atoms with Crippen molar-refractivity contribution in [3.05, 3.63) is 0 Å². The second-order valence-electron chi connectivity index (χ2n) is 3.07. The smallest absolute Gasteiger partial charge is 0.248 e. The molecule has 3 atom stereocenters. The van der Waals surface area contributed by atoms with Crippen molar-refractivity contribution in [1.29, 1.82) is 0 Å². The molecule has 1 N–H and O–H groups in total. The molecule has 2 rings (SSSR count). The van der Waals surface area contributed by atoms with E-state index in [0.717, 1.165) is 0 Å². The van der Waals surface area contributed by atoms with Gasteiger partial charge in [0.25, 0.3) is 0 Å². The zero-order chi connectivity index (χ0) is 7.84. The molecule has 2 fully saturated rings. The number of hydrogen-bond donors (Lipinski definition) is 1. The quantitative estimate of drug-likeness (QED) is 0.515. The number of nitrogens with one attached hydrogen (secondary N) is 1. The van der Waals surface area contributed by atoms with Gasteiger partial charge in [0.1, 0.15) is 12.7 Å². The van der Waals surface area contributed by atoms with Crippen LogP contribution < -0.4 is 5.32 Å². The van der Waals surface area contributed by atoms with Crippen LogP contribution in [-0.2, 0) is 14.3 Å². The summed E-state index contributed by atoms with van der Waals surface area (Å²) in [5.74, 6) is 0.306. The zero-order valence-corrected chi connectivity index (χ0v) is 6.37. The summed E-state index contributed by atoms with van der Waals surface area (Å²) >= 11 is 0. The van der Waals surface area contributed by atoms with Crippen molar-refractivity contribution in [2.24, 2.45) is 5.92 Å². The van der Waals surface area contributed by atoms with Gasteiger partial charge in [-0.2, -0.15) is 0 Å². The molecule has 0 aromatic carbocycles. The van der Waals surface area contributed by atoms with Gasteiger partial charge in [0, 0.05) is 5.92 Å². The average Bonchev–Trinajstić information content (AvgIpc) is 2.32. The fraction of sp³-hybridized carbons (Fsp3) is 0.857. The van der Waals surface area contributed by atoms with Gasteiger partial charge in [-0.25, -0.2) is 0 Å². The van der Waals surface area contributed by atoms with E-state index < -0.39 is 0 Å². The Kier molecular flexibility index (Phi) is 1.58. The van der Waals surface area contributed by atoms with Gasteiger partial charge in [-0.05, 0) is 0 Å². The van der Waals surface area contributed by atoms with E-state index in [1.807, 2.05) is 0 Å². The van der Waals surface area contributed by atoms with E-state index >= 15 is 0 Å². The fourth-order valence-electron chi connectivity index (χ4n) is 1.49. The van der Waals surface area contributed by atoms with Crippen LogP contribution in [0.4, 0.5) is 0 Å². The summed E-state index contributed by atoms with van der Waals surface area (Å²) in [5.41, 5.74) is 0. The number of fused-ring (bicyclic) bond motifs is 1. The van der Waals surface area contributed by atoms with Crippen molar-refractivity contribution in [2.75, 3.05) is 13.2 Å². The number of rotatable bonds is 0. The molecule has 2 saturated heterocycles. The predicted molar refractivity (Wildman–Crippen MR) is 36.8 cm³/mol. The zero-order valence-electron chi connectivity index (χ0n) is 6.37. The van der Waals surface area contributed by atoms with Crippen LogP contribution in [0.1, 0.15) is 6.92 Å². The highest BCUT2D eigenvalue weighted by atomic mass is 16.6. The van der Waals surface area contributed by atoms with Crippen LogP contribution >= 0.6 is 0 Å². The molecule has 2 heterocycles. The molecule has 62 valence electrons. The van der Waals surface area contributed by atoms with Gasteiger partial charge in [-0.3, -0.25) is 4.79 Å². The first-order valence-corrected chi connectivity index (χ1v) is 3.80. The number of amides is 1. The second kappa shape index (κ2) is 2.46. The highest BCUT2D eigenvalue weighted by Crippen LogP contribution is 2.23. The first-order chi connectivity index (χ1) is 5.27. The number of ether oxygens (including phenoxy) is 2. The molecule has 1 amide bonds. The summed E-state index contributed by atoms with van der Waals surface area (Å²) < 4.78 is 10.6. The van der Waals surface area contributed by atoms with Crippen LogP contribution in [0.15, 0.2) is 0 Å². The summed E-state index contributed by atoms with van der Waals surface area (Å²) in [5, 5.41) is 2.72. The highest BCUT2D eigenvalue weighted by molar-refractivity contribution is 5.78. The third-order valence-electron chi connectivity index (χ3n) is 2.11. The number of carbonyl (C=O) groups is 1. The summed E-state index contributed by atoms with van der Waals surface area (Å²) in [6, 6.07) is 0. The average molecular weight is 157 g/mol. The minimum absolute atomic E-state index is 0.0627. The van der Waals surface area contributed by atoms with E-state index in [1.165, 1.54) is 0 Å². The summed E-state index contributed by atoms with van der Waals surface area (Å²) in [6.45, 7) is 2.91. The maximum absolute atomic E-state index is 10.8. The van der Waals surface area contributed by atoms with Crippen molar-refractivity contribution in [3.63, 3.8) is 0 Å². The molecule has 4 heteroatoms. The van der Waals surface area contributed by atoms with Gasteiger partial charge >= 0.3 is 0 Å². The van der Waals surface area contributed by atoms with Crippen molar-refractivity contribution >= 4 is 5.91 Å². The number of carbonyl (C=O) groups excluding carboxylic acids is 1. The molecule has 0 spiro atoms. The maximum Gasteiger partial charge on any atom is 0.248 e. The first-order valence-electron chi connectivity index (χ1n) is 3.80. The lowest BCUT2D eigenvalue weighted by Gasteiger charge is -2.26. The van der Waals surface area contributed by atoms with E-state index in [2.05, 4.69) is 12.2 Å². The van der Waals surface area contributed by atoms with Gasteiger partial charge in [0.15, 0.2) is 6.23 Å². The Labute approximate surface area is 64.9 Å². The Morgan fingerprint density at radius 2 is 2.36 bits per heavy atom. The van der Waals surface area contributed by atoms with E-state index in [1.54, 1.807) is 0 Å². The Bertz CT molecular complexity index is 183. The Hall–Kier alpha value is -0.610. The monoisotopic (exact) mass is 157 g/mol. The Morgan fingerprint density at radius 1 is 1.55 bits per heavy atom. The lowest BCUT2D eigenvalue weighted by atomic mass is 10.1. The van der Waals surface area contributed by atoms with Crippen molar-refractivity contribution in [2.45, 2.75) is 19.3 Å². The topological polar surface area (TPSA) is 47.6 Å². The summed E-state index contributed by atoms with van der Waals surface area (Å²) in [4.78, 5) is 10.8. The van der Waals surface area contributed by atoms with Crippen LogP contribution in [0.5, 0.6) is 0 Å². The van der Waals surface area contributed by atoms with E-state index in [4.69, 9.17) is 9.47 Å². The predicted octanol–water partition coefficient (Wildman–Crippen LogP) is -0.506. The molecular formula is C7H11NO3. The molecule has 4 nitrogen and oxygen atoms in total. The maximum atomic E-state index is 10.8. The normalized spacial score (nSPS) is 43.4. The molecule has 2 aliphatic rings. The molecule has 0 saturated carbocycles. The van der Waals surface area contributed by atoms with Crippen molar-refractivity contribution in [1.82, 2.24) is 5.32 Å². The van der Waals surface area contributed by atoms with Crippen LogP contribution in [-0.4, -0.2) is 31.5 Å². The largest absolute Gasteiger partial charge is 0.363 e. The molecule has 3 unspecified atom stereocenters. The van der Waals surface area contributed by atoms with Gasteiger partial charge < -0.3 is 14.8 Å². The van der Waals surface area contributed by atoms with E-state index in [0.29, 0.717) is 12.5 Å². The van der Waals surface area contributed by atoms with Gasteiger partial charge in [-0.15, -0.1) is 0 Å². The van der Waals surface area contributed by atoms with Crippen molar-refractivity contribution < 1.29 is 14.3 Å². The molecule has 0 aliphatic carbocycles. The Balaban J connectivity index is 2.05. The fourth-order valence-corrected chi connectivity index (χ4v) is 1.49. The lowest BCUT2D eigenvalue weighted by molar-refractivity contribution is -0.145. The minimum atomic E-state index is -0.203. The van der Waals surface area contributed by atoms with Gasteiger partial charge in [0.2, 0.25) is 5.91 Å².